The lowest BCUT2D eigenvalue weighted by Crippen LogP contribution is -2.34. The van der Waals surface area contributed by atoms with Gasteiger partial charge in [-0.15, -0.1) is 0 Å². The molecule has 172 valence electrons. The molecule has 0 saturated carbocycles. The number of nitrogens with zero attached hydrogens (tertiary/aromatic N) is 2. The third-order valence-corrected chi connectivity index (χ3v) is 6.40. The van der Waals surface area contributed by atoms with Crippen molar-refractivity contribution in [3.63, 3.8) is 0 Å². The Morgan fingerprint density at radius 3 is 2.81 bits per heavy atom. The molecule has 0 atom stereocenters. The Hall–Kier alpha value is -2.67. The first-order chi connectivity index (χ1) is 15.5. The SMILES string of the molecule is COc1cc(C(C)=O)ccc1OCCCN1CCC(c2noc3c2CCCC(F)=C3)CC1. The minimum atomic E-state index is -0.115. The van der Waals surface area contributed by atoms with E-state index in [4.69, 9.17) is 14.0 Å². The highest BCUT2D eigenvalue weighted by atomic mass is 19.1. The Balaban J connectivity index is 1.23. The van der Waals surface area contributed by atoms with Crippen molar-refractivity contribution in [2.45, 2.75) is 51.4 Å². The van der Waals surface area contributed by atoms with E-state index in [2.05, 4.69) is 10.1 Å². The van der Waals surface area contributed by atoms with Gasteiger partial charge >= 0.3 is 0 Å². The molecule has 1 aliphatic carbocycles. The third kappa shape index (κ3) is 5.21. The number of allylic oxidation sites excluding steroid dienone is 1. The molecular weight excluding hydrogens is 411 g/mol. The van der Waals surface area contributed by atoms with Crippen LogP contribution in [0.1, 0.15) is 72.3 Å². The number of benzene rings is 1. The molecule has 1 fully saturated rings. The molecule has 32 heavy (non-hydrogen) atoms. The van der Waals surface area contributed by atoms with Crippen molar-refractivity contribution in [2.24, 2.45) is 0 Å². The van der Waals surface area contributed by atoms with Crippen LogP contribution in [0.25, 0.3) is 6.08 Å². The number of hydrogen-bond acceptors (Lipinski definition) is 6. The lowest BCUT2D eigenvalue weighted by atomic mass is 9.89. The Labute approximate surface area is 188 Å². The van der Waals surface area contributed by atoms with Crippen molar-refractivity contribution in [1.29, 1.82) is 0 Å². The van der Waals surface area contributed by atoms with E-state index >= 15 is 0 Å². The first-order valence-corrected chi connectivity index (χ1v) is 11.4. The van der Waals surface area contributed by atoms with Gasteiger partial charge in [0.25, 0.3) is 0 Å². The number of fused-ring (bicyclic) bond motifs is 1. The van der Waals surface area contributed by atoms with E-state index in [9.17, 15) is 9.18 Å². The Kier molecular flexibility index (Phi) is 7.25. The summed E-state index contributed by atoms with van der Waals surface area (Å²) in [5.74, 6) is 2.13. The van der Waals surface area contributed by atoms with Crippen LogP contribution < -0.4 is 9.47 Å². The molecule has 6 nitrogen and oxygen atoms in total. The molecule has 1 aromatic carbocycles. The van der Waals surface area contributed by atoms with Crippen LogP contribution >= 0.6 is 0 Å². The average molecular weight is 443 g/mol. The van der Waals surface area contributed by atoms with Crippen LogP contribution in [0.3, 0.4) is 0 Å². The van der Waals surface area contributed by atoms with Crippen molar-refractivity contribution in [3.8, 4) is 11.5 Å². The Morgan fingerprint density at radius 2 is 2.06 bits per heavy atom. The summed E-state index contributed by atoms with van der Waals surface area (Å²) in [6.45, 7) is 5.10. The van der Waals surface area contributed by atoms with Crippen molar-refractivity contribution in [3.05, 3.63) is 46.6 Å². The van der Waals surface area contributed by atoms with Gasteiger partial charge < -0.3 is 18.9 Å². The zero-order valence-electron chi connectivity index (χ0n) is 18.9. The smallest absolute Gasteiger partial charge is 0.165 e. The van der Waals surface area contributed by atoms with Gasteiger partial charge in [0.1, 0.15) is 5.83 Å². The van der Waals surface area contributed by atoms with E-state index in [0.717, 1.165) is 63.0 Å². The van der Waals surface area contributed by atoms with Gasteiger partial charge in [-0.25, -0.2) is 4.39 Å². The minimum absolute atomic E-state index is 0.00330. The van der Waals surface area contributed by atoms with Crippen molar-refractivity contribution < 1.29 is 23.2 Å². The number of carbonyl (C=O) groups excluding carboxylic acids is 1. The maximum absolute atomic E-state index is 13.7. The molecule has 2 aliphatic rings. The first-order valence-electron chi connectivity index (χ1n) is 11.4. The highest BCUT2D eigenvalue weighted by Gasteiger charge is 2.28. The maximum atomic E-state index is 13.7. The summed E-state index contributed by atoms with van der Waals surface area (Å²) in [6.07, 6.45) is 6.62. The molecule has 2 aromatic rings. The topological polar surface area (TPSA) is 64.8 Å². The summed E-state index contributed by atoms with van der Waals surface area (Å²) in [4.78, 5) is 14.0. The first kappa shape index (κ1) is 22.5. The monoisotopic (exact) mass is 442 g/mol. The molecule has 1 aliphatic heterocycles. The Bertz CT molecular complexity index is 976. The van der Waals surface area contributed by atoms with Gasteiger partial charge in [0.05, 0.1) is 19.4 Å². The fraction of sp³-hybridized carbons (Fsp3) is 0.520. The van der Waals surface area contributed by atoms with E-state index in [1.54, 1.807) is 25.3 Å². The van der Waals surface area contributed by atoms with Gasteiger partial charge in [-0.05, 0) is 76.7 Å². The second-order valence-electron chi connectivity index (χ2n) is 8.60. The van der Waals surface area contributed by atoms with Gasteiger partial charge in [0, 0.05) is 29.7 Å². The number of likely N-dealkylation sites (tertiary alicyclic amines) is 1. The molecule has 0 unspecified atom stereocenters. The largest absolute Gasteiger partial charge is 0.493 e. The summed E-state index contributed by atoms with van der Waals surface area (Å²) < 4.78 is 30.4. The highest BCUT2D eigenvalue weighted by Crippen LogP contribution is 2.35. The molecule has 0 bridgehead atoms. The summed E-state index contributed by atoms with van der Waals surface area (Å²) >= 11 is 0. The number of ketones is 1. The maximum Gasteiger partial charge on any atom is 0.165 e. The third-order valence-electron chi connectivity index (χ3n) is 6.40. The summed E-state index contributed by atoms with van der Waals surface area (Å²) in [6, 6.07) is 5.28. The fourth-order valence-corrected chi connectivity index (χ4v) is 4.58. The minimum Gasteiger partial charge on any atom is -0.493 e. The van der Waals surface area contributed by atoms with Crippen LogP contribution in [-0.2, 0) is 6.42 Å². The highest BCUT2D eigenvalue weighted by molar-refractivity contribution is 5.94. The van der Waals surface area contributed by atoms with E-state index in [1.807, 2.05) is 0 Å². The number of carbonyl (C=O) groups is 1. The Morgan fingerprint density at radius 1 is 1.25 bits per heavy atom. The molecule has 0 N–H and O–H groups in total. The van der Waals surface area contributed by atoms with Crippen LogP contribution in [-0.4, -0.2) is 49.2 Å². The lowest BCUT2D eigenvalue weighted by molar-refractivity contribution is 0.101. The van der Waals surface area contributed by atoms with Crippen molar-refractivity contribution in [1.82, 2.24) is 10.1 Å². The predicted octanol–water partition coefficient (Wildman–Crippen LogP) is 5.18. The molecule has 0 radical (unpaired) electrons. The van der Waals surface area contributed by atoms with E-state index in [0.29, 0.717) is 41.8 Å². The van der Waals surface area contributed by atoms with Gasteiger partial charge in [-0.3, -0.25) is 4.79 Å². The van der Waals surface area contributed by atoms with Gasteiger partial charge in [-0.1, -0.05) is 5.16 Å². The van der Waals surface area contributed by atoms with Gasteiger partial charge in [0.2, 0.25) is 0 Å². The number of methoxy groups -OCH3 is 1. The molecular formula is C25H31FN2O4. The van der Waals surface area contributed by atoms with Crippen LogP contribution in [0.5, 0.6) is 11.5 Å². The van der Waals surface area contributed by atoms with Crippen LogP contribution in [0.15, 0.2) is 28.5 Å². The lowest BCUT2D eigenvalue weighted by Gasteiger charge is -2.31. The predicted molar refractivity (Wildman–Crippen MR) is 120 cm³/mol. The molecule has 1 saturated heterocycles. The number of Topliss-reactive ketones (excluding diaryl/α,β-unsaturated/α-hetero) is 1. The molecule has 2 heterocycles. The van der Waals surface area contributed by atoms with Gasteiger partial charge in [0.15, 0.2) is 23.0 Å². The quantitative estimate of drug-likeness (QED) is 0.415. The molecule has 0 spiro atoms. The summed E-state index contributed by atoms with van der Waals surface area (Å²) in [5, 5.41) is 4.31. The number of ether oxygens (including phenoxy) is 2. The van der Waals surface area contributed by atoms with Crippen LogP contribution in [0, 0.1) is 0 Å². The van der Waals surface area contributed by atoms with E-state index in [1.165, 1.54) is 13.0 Å². The number of hydrogen-bond donors (Lipinski definition) is 0. The normalized spacial score (nSPS) is 17.4. The average Bonchev–Trinajstić information content (AvgIpc) is 3.09. The summed E-state index contributed by atoms with van der Waals surface area (Å²) in [7, 11) is 1.58. The van der Waals surface area contributed by atoms with Crippen LogP contribution in [0.4, 0.5) is 4.39 Å². The fourth-order valence-electron chi connectivity index (χ4n) is 4.58. The zero-order chi connectivity index (χ0) is 22.5. The van der Waals surface area contributed by atoms with Gasteiger partial charge in [-0.2, -0.15) is 0 Å². The number of rotatable bonds is 8. The zero-order valence-corrected chi connectivity index (χ0v) is 18.9. The van der Waals surface area contributed by atoms with Crippen molar-refractivity contribution in [2.75, 3.05) is 33.4 Å². The van der Waals surface area contributed by atoms with Crippen LogP contribution in [0.2, 0.25) is 0 Å². The van der Waals surface area contributed by atoms with Crippen molar-refractivity contribution >= 4 is 11.9 Å². The molecule has 7 heteroatoms. The molecule has 0 amide bonds. The van der Waals surface area contributed by atoms with E-state index < -0.39 is 0 Å². The number of piperidine rings is 1. The second kappa shape index (κ2) is 10.3. The molecule has 1 aromatic heterocycles. The second-order valence-corrected chi connectivity index (χ2v) is 8.60. The molecule has 4 rings (SSSR count). The summed E-state index contributed by atoms with van der Waals surface area (Å²) in [5.41, 5.74) is 2.76. The van der Waals surface area contributed by atoms with E-state index in [-0.39, 0.29) is 11.6 Å². The standard InChI is InChI=1S/C25H31FN2O4/c1-17(29)19-7-8-22(24(15-19)30-2)31-14-4-11-28-12-9-18(10-13-28)25-21-6-3-5-20(26)16-23(21)32-27-25/h7-8,15-16,18H,3-6,9-14H2,1-2H3. The number of aromatic nitrogens is 1. The number of halogens is 1.